The normalized spacial score (nSPS) is 16.4. The summed E-state index contributed by atoms with van der Waals surface area (Å²) in [5, 5.41) is 2.22. The Bertz CT molecular complexity index is 3620. The molecule has 1 heterocycles. The zero-order valence-corrected chi connectivity index (χ0v) is 39.8. The topological polar surface area (TPSA) is 16.4 Å². The van der Waals surface area contributed by atoms with E-state index in [4.69, 9.17) is 4.42 Å². The van der Waals surface area contributed by atoms with Crippen molar-refractivity contribution in [2.24, 2.45) is 0 Å². The lowest BCUT2D eigenvalue weighted by Gasteiger charge is -2.43. The first kappa shape index (κ1) is 40.8. The predicted molar refractivity (Wildman–Crippen MR) is 284 cm³/mol. The minimum absolute atomic E-state index is 0.0280. The van der Waals surface area contributed by atoms with E-state index < -0.39 is 5.41 Å². The number of benzene rings is 9. The summed E-state index contributed by atoms with van der Waals surface area (Å²) in [5.74, 6) is 0. The standard InChI is InChI=1S/C66H55NO/c1-63(2)37-38-64(3,4)61-49(28-19-32-55(61)63)52-40-51-46-26-14-17-31-54(46)66(42-21-9-7-10-22-42,43-23-11-8-12-24-43)57(51)41-59(52)67(58-33-20-29-50-48-27-15-18-34-60(48)68-62(50)58)44-35-36-47-45-25-13-16-30-53(45)65(5,6)56(47)39-44/h7-36,39-41H,37-38H2,1-6H3. The Kier molecular flexibility index (Phi) is 8.73. The predicted octanol–water partition coefficient (Wildman–Crippen LogP) is 17.7. The van der Waals surface area contributed by atoms with Gasteiger partial charge in [0.25, 0.3) is 0 Å². The van der Waals surface area contributed by atoms with Gasteiger partial charge in [0.15, 0.2) is 5.58 Å². The fraction of sp³-hybridized carbons (Fsp3) is 0.182. The molecule has 3 aliphatic carbocycles. The quantitative estimate of drug-likeness (QED) is 0.165. The van der Waals surface area contributed by atoms with Crippen molar-refractivity contribution in [3.8, 4) is 33.4 Å². The van der Waals surface area contributed by atoms with E-state index in [9.17, 15) is 0 Å². The van der Waals surface area contributed by atoms with E-state index >= 15 is 0 Å². The van der Waals surface area contributed by atoms with Gasteiger partial charge in [-0.1, -0.05) is 205 Å². The highest BCUT2D eigenvalue weighted by Gasteiger charge is 2.48. The number of furan rings is 1. The number of hydrogen-bond donors (Lipinski definition) is 0. The molecule has 0 radical (unpaired) electrons. The Morgan fingerprint density at radius 3 is 1.71 bits per heavy atom. The van der Waals surface area contributed by atoms with Crippen LogP contribution in [0, 0.1) is 0 Å². The molecular weight excluding hydrogens is 823 g/mol. The van der Waals surface area contributed by atoms with Crippen LogP contribution < -0.4 is 4.90 Å². The summed E-state index contributed by atoms with van der Waals surface area (Å²) in [6.45, 7) is 14.6. The first-order valence-electron chi connectivity index (χ1n) is 24.5. The zero-order valence-electron chi connectivity index (χ0n) is 39.8. The van der Waals surface area contributed by atoms with Gasteiger partial charge in [-0.15, -0.1) is 0 Å². The number of nitrogens with zero attached hydrogens (tertiary/aromatic N) is 1. The highest BCUT2D eigenvalue weighted by atomic mass is 16.3. The molecule has 0 amide bonds. The van der Waals surface area contributed by atoms with Crippen LogP contribution in [0.4, 0.5) is 17.1 Å². The van der Waals surface area contributed by atoms with Gasteiger partial charge in [-0.05, 0) is 132 Å². The van der Waals surface area contributed by atoms with Gasteiger partial charge < -0.3 is 9.32 Å². The van der Waals surface area contributed by atoms with Crippen molar-refractivity contribution in [1.82, 2.24) is 0 Å². The van der Waals surface area contributed by atoms with Crippen molar-refractivity contribution in [3.05, 3.63) is 245 Å². The van der Waals surface area contributed by atoms with Gasteiger partial charge in [-0.25, -0.2) is 0 Å². The second kappa shape index (κ2) is 14.5. The summed E-state index contributed by atoms with van der Waals surface area (Å²) in [6.07, 6.45) is 2.26. The van der Waals surface area contributed by atoms with Crippen LogP contribution in [-0.4, -0.2) is 0 Å². The second-order valence-electron chi connectivity index (χ2n) is 21.4. The maximum absolute atomic E-state index is 7.07. The van der Waals surface area contributed by atoms with E-state index in [-0.39, 0.29) is 16.2 Å². The third kappa shape index (κ3) is 5.64. The fourth-order valence-electron chi connectivity index (χ4n) is 13.0. The molecule has 0 aliphatic heterocycles. The number of fused-ring (bicyclic) bond motifs is 10. The van der Waals surface area contributed by atoms with Gasteiger partial charge >= 0.3 is 0 Å². The van der Waals surface area contributed by atoms with Crippen LogP contribution in [0.25, 0.3) is 55.3 Å². The molecule has 330 valence electrons. The molecule has 0 fully saturated rings. The van der Waals surface area contributed by atoms with Crippen LogP contribution in [0.5, 0.6) is 0 Å². The molecule has 0 spiro atoms. The molecule has 2 nitrogen and oxygen atoms in total. The summed E-state index contributed by atoms with van der Waals surface area (Å²) < 4.78 is 7.07. The van der Waals surface area contributed by atoms with Crippen molar-refractivity contribution < 1.29 is 4.42 Å². The lowest BCUT2D eigenvalue weighted by atomic mass is 9.61. The van der Waals surface area contributed by atoms with Crippen molar-refractivity contribution in [3.63, 3.8) is 0 Å². The van der Waals surface area contributed by atoms with Gasteiger partial charge in [0, 0.05) is 27.4 Å². The summed E-state index contributed by atoms with van der Waals surface area (Å²) in [6, 6.07) is 75.3. The first-order chi connectivity index (χ1) is 33.0. The minimum atomic E-state index is -0.599. The van der Waals surface area contributed by atoms with Crippen molar-refractivity contribution >= 4 is 39.0 Å². The SMILES string of the molecule is CC1(C)CCC(C)(C)c2c(-c3cc4c(cc3N(c3ccc5c(c3)C(C)(C)c3ccccc3-5)c3cccc5c3oc3ccccc35)C(c3ccccc3)(c3ccccc3)c3ccccc3-4)cccc21. The van der Waals surface area contributed by atoms with E-state index in [0.717, 1.165) is 51.8 Å². The van der Waals surface area contributed by atoms with E-state index in [2.05, 4.69) is 247 Å². The maximum Gasteiger partial charge on any atom is 0.159 e. The van der Waals surface area contributed by atoms with Gasteiger partial charge in [0.05, 0.1) is 16.8 Å². The maximum atomic E-state index is 7.07. The summed E-state index contributed by atoms with van der Waals surface area (Å²) in [4.78, 5) is 2.56. The third-order valence-electron chi connectivity index (χ3n) is 16.4. The lowest BCUT2D eigenvalue weighted by molar-refractivity contribution is 0.333. The molecule has 0 unspecified atom stereocenters. The Labute approximate surface area is 400 Å². The van der Waals surface area contributed by atoms with E-state index in [1.807, 2.05) is 0 Å². The molecule has 0 saturated heterocycles. The molecule has 9 aromatic carbocycles. The van der Waals surface area contributed by atoms with E-state index in [0.29, 0.717) is 0 Å². The third-order valence-corrected chi connectivity index (χ3v) is 16.4. The molecule has 0 bridgehead atoms. The van der Waals surface area contributed by atoms with Crippen molar-refractivity contribution in [2.45, 2.75) is 76.0 Å². The average Bonchev–Trinajstić information content (AvgIpc) is 3.97. The minimum Gasteiger partial charge on any atom is -0.454 e. The Balaban J connectivity index is 1.21. The average molecular weight is 878 g/mol. The second-order valence-corrected chi connectivity index (χ2v) is 21.4. The Hall–Kier alpha value is -7.42. The molecule has 0 saturated carbocycles. The lowest BCUT2D eigenvalue weighted by Crippen LogP contribution is -2.34. The van der Waals surface area contributed by atoms with Gasteiger partial charge in [0.2, 0.25) is 0 Å². The highest BCUT2D eigenvalue weighted by Crippen LogP contribution is 2.61. The monoisotopic (exact) mass is 877 g/mol. The molecule has 3 aliphatic rings. The Morgan fingerprint density at radius 2 is 0.956 bits per heavy atom. The van der Waals surface area contributed by atoms with E-state index in [1.54, 1.807) is 0 Å². The van der Waals surface area contributed by atoms with Crippen molar-refractivity contribution in [2.75, 3.05) is 4.90 Å². The van der Waals surface area contributed by atoms with Gasteiger partial charge in [0.1, 0.15) is 5.58 Å². The molecule has 0 atom stereocenters. The fourth-order valence-corrected chi connectivity index (χ4v) is 13.0. The van der Waals surface area contributed by atoms with Gasteiger partial charge in [-0.3, -0.25) is 0 Å². The summed E-state index contributed by atoms with van der Waals surface area (Å²) in [5.41, 5.74) is 22.5. The van der Waals surface area contributed by atoms with Crippen LogP contribution in [0.2, 0.25) is 0 Å². The first-order valence-corrected chi connectivity index (χ1v) is 24.5. The molecule has 13 rings (SSSR count). The largest absolute Gasteiger partial charge is 0.454 e. The number of rotatable bonds is 6. The highest BCUT2D eigenvalue weighted by molar-refractivity contribution is 6.11. The smallest absolute Gasteiger partial charge is 0.159 e. The van der Waals surface area contributed by atoms with Crippen LogP contribution in [0.15, 0.2) is 205 Å². The van der Waals surface area contributed by atoms with Crippen LogP contribution in [-0.2, 0) is 21.7 Å². The van der Waals surface area contributed by atoms with Gasteiger partial charge in [-0.2, -0.15) is 0 Å². The zero-order chi connectivity index (χ0) is 46.2. The summed E-state index contributed by atoms with van der Waals surface area (Å²) >= 11 is 0. The van der Waals surface area contributed by atoms with Crippen LogP contribution in [0.1, 0.15) is 98.9 Å². The number of hydrogen-bond acceptors (Lipinski definition) is 2. The molecule has 0 N–H and O–H groups in total. The Morgan fingerprint density at radius 1 is 0.382 bits per heavy atom. The van der Waals surface area contributed by atoms with Crippen molar-refractivity contribution in [1.29, 1.82) is 0 Å². The van der Waals surface area contributed by atoms with Crippen LogP contribution >= 0.6 is 0 Å². The number of anilines is 3. The molecule has 1 aromatic heterocycles. The summed E-state index contributed by atoms with van der Waals surface area (Å²) in [7, 11) is 0. The molecule has 10 aromatic rings. The molecule has 68 heavy (non-hydrogen) atoms. The van der Waals surface area contributed by atoms with E-state index in [1.165, 1.54) is 77.9 Å². The molecular formula is C66H55NO. The number of para-hydroxylation sites is 2. The van der Waals surface area contributed by atoms with Crippen LogP contribution in [0.3, 0.4) is 0 Å². The molecule has 2 heteroatoms.